The zero-order valence-electron chi connectivity index (χ0n) is 10.3. The van der Waals surface area contributed by atoms with Gasteiger partial charge in [0, 0.05) is 30.0 Å². The third kappa shape index (κ3) is 3.20. The summed E-state index contributed by atoms with van der Waals surface area (Å²) in [7, 11) is 0. The number of anilines is 1. The Kier molecular flexibility index (Phi) is 3.97. The van der Waals surface area contributed by atoms with Gasteiger partial charge in [0.15, 0.2) is 0 Å². The van der Waals surface area contributed by atoms with Gasteiger partial charge >= 0.3 is 0 Å². The van der Waals surface area contributed by atoms with E-state index in [0.717, 1.165) is 0 Å². The van der Waals surface area contributed by atoms with Gasteiger partial charge in [-0.2, -0.15) is 0 Å². The number of aryl methyl sites for hydroxylation is 1. The normalized spacial score (nSPS) is 10.2. The van der Waals surface area contributed by atoms with Crippen LogP contribution in [0.5, 0.6) is 0 Å². The van der Waals surface area contributed by atoms with Crippen molar-refractivity contribution < 1.29 is 4.79 Å². The first kappa shape index (κ1) is 13.3. The molecule has 0 spiro atoms. The van der Waals surface area contributed by atoms with Crippen LogP contribution in [0.1, 0.15) is 17.4 Å². The Hall–Kier alpha value is -2.14. The average Bonchev–Trinajstić information content (AvgIpc) is 2.41. The first-order valence-electron chi connectivity index (χ1n) is 5.73. The zero-order chi connectivity index (χ0) is 13.8. The first-order valence-corrected chi connectivity index (χ1v) is 6.11. The summed E-state index contributed by atoms with van der Waals surface area (Å²) in [5.74, 6) is -0.371. The van der Waals surface area contributed by atoms with Crippen molar-refractivity contribution in [1.29, 1.82) is 0 Å². The monoisotopic (exact) mass is 277 g/mol. The predicted octanol–water partition coefficient (Wildman–Crippen LogP) is 2.17. The number of carbonyl (C=O) groups excluding carboxylic acids is 1. The fraction of sp³-hybridized carbons (Fsp3) is 0.154. The maximum Gasteiger partial charge on any atom is 0.274 e. The molecule has 5 nitrogen and oxygen atoms in total. The molecule has 0 aliphatic heterocycles. The second-order valence-corrected chi connectivity index (χ2v) is 4.29. The van der Waals surface area contributed by atoms with Gasteiger partial charge in [-0.25, -0.2) is 0 Å². The molecule has 98 valence electrons. The Balaban J connectivity index is 2.22. The summed E-state index contributed by atoms with van der Waals surface area (Å²) in [6.07, 6.45) is 3.05. The summed E-state index contributed by atoms with van der Waals surface area (Å²) in [5, 5.41) is 3.11. The van der Waals surface area contributed by atoms with Crippen LogP contribution < -0.4 is 10.9 Å². The third-order valence-corrected chi connectivity index (χ3v) is 2.77. The highest BCUT2D eigenvalue weighted by Crippen LogP contribution is 2.10. The second-order valence-electron chi connectivity index (χ2n) is 3.86. The lowest BCUT2D eigenvalue weighted by atomic mass is 10.3. The van der Waals surface area contributed by atoms with Crippen LogP contribution in [0.3, 0.4) is 0 Å². The average molecular weight is 278 g/mol. The SMILES string of the molecule is CCn1cc(NC(=O)c2cc(Cl)ccn2)ccc1=O. The number of aromatic nitrogens is 2. The molecule has 0 fully saturated rings. The Labute approximate surface area is 114 Å². The maximum absolute atomic E-state index is 11.9. The van der Waals surface area contributed by atoms with Crippen LogP contribution in [0.25, 0.3) is 0 Å². The van der Waals surface area contributed by atoms with Gasteiger partial charge in [0.1, 0.15) is 5.69 Å². The molecule has 0 aromatic carbocycles. The van der Waals surface area contributed by atoms with Crippen LogP contribution in [-0.4, -0.2) is 15.5 Å². The molecule has 2 heterocycles. The molecule has 1 amide bonds. The highest BCUT2D eigenvalue weighted by atomic mass is 35.5. The standard InChI is InChI=1S/C13H12ClN3O2/c1-2-17-8-10(3-4-12(17)18)16-13(19)11-7-9(14)5-6-15-11/h3-8H,2H2,1H3,(H,16,19). The van der Waals surface area contributed by atoms with Gasteiger partial charge < -0.3 is 9.88 Å². The van der Waals surface area contributed by atoms with Gasteiger partial charge in [0.25, 0.3) is 11.5 Å². The van der Waals surface area contributed by atoms with Crippen molar-refractivity contribution in [2.24, 2.45) is 0 Å². The van der Waals surface area contributed by atoms with E-state index in [1.54, 1.807) is 18.3 Å². The van der Waals surface area contributed by atoms with Gasteiger partial charge in [-0.3, -0.25) is 14.6 Å². The van der Waals surface area contributed by atoms with Crippen LogP contribution in [0.4, 0.5) is 5.69 Å². The van der Waals surface area contributed by atoms with Crippen molar-refractivity contribution in [3.63, 3.8) is 0 Å². The lowest BCUT2D eigenvalue weighted by Crippen LogP contribution is -2.20. The summed E-state index contributed by atoms with van der Waals surface area (Å²) in [6.45, 7) is 2.39. The quantitative estimate of drug-likeness (QED) is 0.935. The number of amides is 1. The van der Waals surface area contributed by atoms with Crippen molar-refractivity contribution >= 4 is 23.2 Å². The molecular weight excluding hydrogens is 266 g/mol. The van der Waals surface area contributed by atoms with Gasteiger partial charge in [0.05, 0.1) is 5.69 Å². The fourth-order valence-electron chi connectivity index (χ4n) is 1.58. The molecule has 0 aliphatic carbocycles. The van der Waals surface area contributed by atoms with E-state index in [2.05, 4.69) is 10.3 Å². The van der Waals surface area contributed by atoms with Crippen LogP contribution in [-0.2, 0) is 6.54 Å². The minimum absolute atomic E-state index is 0.110. The van der Waals surface area contributed by atoms with Crippen molar-refractivity contribution in [2.75, 3.05) is 5.32 Å². The van der Waals surface area contributed by atoms with Gasteiger partial charge in [-0.15, -0.1) is 0 Å². The number of halogens is 1. The molecule has 0 unspecified atom stereocenters. The zero-order valence-corrected chi connectivity index (χ0v) is 11.0. The highest BCUT2D eigenvalue weighted by molar-refractivity contribution is 6.30. The van der Waals surface area contributed by atoms with E-state index in [1.165, 1.54) is 22.9 Å². The molecule has 19 heavy (non-hydrogen) atoms. The van der Waals surface area contributed by atoms with Crippen LogP contribution in [0.2, 0.25) is 5.02 Å². The highest BCUT2D eigenvalue weighted by Gasteiger charge is 2.08. The molecule has 0 aliphatic rings. The number of nitrogens with one attached hydrogen (secondary N) is 1. The number of rotatable bonds is 3. The molecule has 6 heteroatoms. The molecule has 0 saturated carbocycles. The molecular formula is C13H12ClN3O2. The Morgan fingerprint density at radius 2 is 2.21 bits per heavy atom. The van der Waals surface area contributed by atoms with Crippen molar-refractivity contribution in [2.45, 2.75) is 13.5 Å². The van der Waals surface area contributed by atoms with E-state index in [0.29, 0.717) is 17.3 Å². The van der Waals surface area contributed by atoms with Crippen molar-refractivity contribution in [1.82, 2.24) is 9.55 Å². The Morgan fingerprint density at radius 1 is 1.42 bits per heavy atom. The molecule has 2 rings (SSSR count). The third-order valence-electron chi connectivity index (χ3n) is 2.54. The number of nitrogens with zero attached hydrogens (tertiary/aromatic N) is 2. The molecule has 0 atom stereocenters. The molecule has 1 N–H and O–H groups in total. The van der Waals surface area contributed by atoms with Gasteiger partial charge in [-0.05, 0) is 25.1 Å². The maximum atomic E-state index is 11.9. The van der Waals surface area contributed by atoms with Crippen molar-refractivity contribution in [3.05, 3.63) is 57.7 Å². The minimum Gasteiger partial charge on any atom is -0.319 e. The summed E-state index contributed by atoms with van der Waals surface area (Å²) in [5.41, 5.74) is 0.649. The predicted molar refractivity (Wildman–Crippen MR) is 73.6 cm³/mol. The summed E-state index contributed by atoms with van der Waals surface area (Å²) < 4.78 is 1.50. The van der Waals surface area contributed by atoms with Crippen LogP contribution >= 0.6 is 11.6 Å². The van der Waals surface area contributed by atoms with E-state index in [9.17, 15) is 9.59 Å². The van der Waals surface area contributed by atoms with E-state index in [1.807, 2.05) is 6.92 Å². The number of pyridine rings is 2. The molecule has 0 bridgehead atoms. The smallest absolute Gasteiger partial charge is 0.274 e. The number of carbonyl (C=O) groups is 1. The number of hydrogen-bond acceptors (Lipinski definition) is 3. The molecule has 0 radical (unpaired) electrons. The second kappa shape index (κ2) is 5.67. The van der Waals surface area contributed by atoms with E-state index in [-0.39, 0.29) is 17.2 Å². The van der Waals surface area contributed by atoms with E-state index < -0.39 is 0 Å². The van der Waals surface area contributed by atoms with Gasteiger partial charge in [-0.1, -0.05) is 11.6 Å². The fourth-order valence-corrected chi connectivity index (χ4v) is 1.74. The molecule has 2 aromatic heterocycles. The summed E-state index contributed by atoms with van der Waals surface area (Å²) in [6, 6.07) is 6.03. The number of hydrogen-bond donors (Lipinski definition) is 1. The first-order chi connectivity index (χ1) is 9.10. The van der Waals surface area contributed by atoms with Crippen LogP contribution in [0, 0.1) is 0 Å². The summed E-state index contributed by atoms with van der Waals surface area (Å²) in [4.78, 5) is 27.3. The van der Waals surface area contributed by atoms with E-state index >= 15 is 0 Å². The topological polar surface area (TPSA) is 64.0 Å². The lowest BCUT2D eigenvalue weighted by Gasteiger charge is -2.07. The molecule has 2 aromatic rings. The molecule has 0 saturated heterocycles. The summed E-state index contributed by atoms with van der Waals surface area (Å²) >= 11 is 5.79. The lowest BCUT2D eigenvalue weighted by molar-refractivity contribution is 0.102. The van der Waals surface area contributed by atoms with Crippen LogP contribution in [0.15, 0.2) is 41.5 Å². The Bertz CT molecular complexity index is 667. The minimum atomic E-state index is -0.371. The Morgan fingerprint density at radius 3 is 2.89 bits per heavy atom. The van der Waals surface area contributed by atoms with Crippen molar-refractivity contribution in [3.8, 4) is 0 Å². The van der Waals surface area contributed by atoms with E-state index in [4.69, 9.17) is 11.6 Å². The van der Waals surface area contributed by atoms with Gasteiger partial charge in [0.2, 0.25) is 0 Å². The largest absolute Gasteiger partial charge is 0.319 e.